The summed E-state index contributed by atoms with van der Waals surface area (Å²) in [6.07, 6.45) is 3.10. The highest BCUT2D eigenvalue weighted by atomic mass is 16.2. The molecule has 0 spiro atoms. The monoisotopic (exact) mass is 498 g/mol. The molecule has 37 heavy (non-hydrogen) atoms. The van der Waals surface area contributed by atoms with Gasteiger partial charge < -0.3 is 20.9 Å². The SMILES string of the molecule is CC1CCN(C(=O)c2cccc(NCC(=O)Nc3cccc(NC(=O)CCc4ccccc4)c3)c2)CC1. The number of aryl methyl sites for hydroxylation is 1. The van der Waals surface area contributed by atoms with Crippen LogP contribution in [0.15, 0.2) is 78.9 Å². The van der Waals surface area contributed by atoms with E-state index in [4.69, 9.17) is 0 Å². The summed E-state index contributed by atoms with van der Waals surface area (Å²) in [5.41, 5.74) is 3.67. The van der Waals surface area contributed by atoms with Gasteiger partial charge in [-0.2, -0.15) is 0 Å². The van der Waals surface area contributed by atoms with Crippen molar-refractivity contribution in [3.8, 4) is 0 Å². The van der Waals surface area contributed by atoms with E-state index in [1.165, 1.54) is 0 Å². The van der Waals surface area contributed by atoms with Gasteiger partial charge >= 0.3 is 0 Å². The van der Waals surface area contributed by atoms with Crippen LogP contribution in [0.2, 0.25) is 0 Å². The minimum atomic E-state index is -0.227. The molecule has 7 heteroatoms. The smallest absolute Gasteiger partial charge is 0.253 e. The second-order valence-electron chi connectivity index (χ2n) is 9.57. The van der Waals surface area contributed by atoms with E-state index < -0.39 is 0 Å². The van der Waals surface area contributed by atoms with Crippen molar-refractivity contribution < 1.29 is 14.4 Å². The minimum Gasteiger partial charge on any atom is -0.376 e. The zero-order valence-electron chi connectivity index (χ0n) is 21.2. The maximum atomic E-state index is 12.8. The summed E-state index contributed by atoms with van der Waals surface area (Å²) in [6, 6.07) is 24.2. The van der Waals surface area contributed by atoms with Crippen LogP contribution in [0.4, 0.5) is 17.1 Å². The molecule has 3 amide bonds. The fourth-order valence-electron chi connectivity index (χ4n) is 4.34. The largest absolute Gasteiger partial charge is 0.376 e. The van der Waals surface area contributed by atoms with E-state index in [1.807, 2.05) is 53.4 Å². The molecule has 0 aliphatic carbocycles. The minimum absolute atomic E-state index is 0.0302. The number of piperidine rings is 1. The van der Waals surface area contributed by atoms with Crippen molar-refractivity contribution in [1.29, 1.82) is 0 Å². The summed E-state index contributed by atoms with van der Waals surface area (Å²) in [6.45, 7) is 3.84. The molecule has 1 saturated heterocycles. The molecule has 1 aliphatic rings. The zero-order chi connectivity index (χ0) is 26.0. The summed E-state index contributed by atoms with van der Waals surface area (Å²) in [5.74, 6) is 0.381. The molecular formula is C30H34N4O3. The first-order valence-electron chi connectivity index (χ1n) is 12.8. The van der Waals surface area contributed by atoms with Crippen molar-refractivity contribution in [2.45, 2.75) is 32.6 Å². The van der Waals surface area contributed by atoms with Crippen LogP contribution in [0.3, 0.4) is 0 Å². The molecule has 0 saturated carbocycles. The predicted molar refractivity (Wildman–Crippen MR) is 148 cm³/mol. The van der Waals surface area contributed by atoms with E-state index in [9.17, 15) is 14.4 Å². The molecule has 0 unspecified atom stereocenters. The average molecular weight is 499 g/mol. The van der Waals surface area contributed by atoms with Crippen LogP contribution in [0.5, 0.6) is 0 Å². The summed E-state index contributed by atoms with van der Waals surface area (Å²) < 4.78 is 0. The van der Waals surface area contributed by atoms with E-state index in [1.54, 1.807) is 30.3 Å². The Hall–Kier alpha value is -4.13. The second kappa shape index (κ2) is 12.7. The van der Waals surface area contributed by atoms with Gasteiger partial charge in [0.05, 0.1) is 6.54 Å². The molecule has 1 fully saturated rings. The van der Waals surface area contributed by atoms with Crippen LogP contribution in [0.25, 0.3) is 0 Å². The number of benzene rings is 3. The highest BCUT2D eigenvalue weighted by Crippen LogP contribution is 2.20. The highest BCUT2D eigenvalue weighted by Gasteiger charge is 2.21. The molecule has 0 radical (unpaired) electrons. The van der Waals surface area contributed by atoms with Gasteiger partial charge in [-0.3, -0.25) is 14.4 Å². The number of carbonyl (C=O) groups excluding carboxylic acids is 3. The lowest BCUT2D eigenvalue weighted by Crippen LogP contribution is -2.37. The van der Waals surface area contributed by atoms with Gasteiger partial charge in [-0.05, 0) is 67.1 Å². The number of hydrogen-bond acceptors (Lipinski definition) is 4. The van der Waals surface area contributed by atoms with Crippen molar-refractivity contribution in [3.63, 3.8) is 0 Å². The van der Waals surface area contributed by atoms with Crippen molar-refractivity contribution in [2.24, 2.45) is 5.92 Å². The normalized spacial score (nSPS) is 13.6. The molecular weight excluding hydrogens is 464 g/mol. The fourth-order valence-corrected chi connectivity index (χ4v) is 4.34. The second-order valence-corrected chi connectivity index (χ2v) is 9.57. The summed E-state index contributed by atoms with van der Waals surface area (Å²) in [7, 11) is 0. The van der Waals surface area contributed by atoms with Crippen LogP contribution >= 0.6 is 0 Å². The first-order valence-corrected chi connectivity index (χ1v) is 12.8. The lowest BCUT2D eigenvalue weighted by molar-refractivity contribution is -0.116. The Labute approximate surface area is 218 Å². The molecule has 7 nitrogen and oxygen atoms in total. The number of rotatable bonds is 9. The van der Waals surface area contributed by atoms with E-state index >= 15 is 0 Å². The lowest BCUT2D eigenvalue weighted by atomic mass is 9.98. The Morgan fingerprint density at radius 3 is 2.16 bits per heavy atom. The number of hydrogen-bond donors (Lipinski definition) is 3. The molecule has 3 aromatic rings. The number of anilines is 3. The number of carbonyl (C=O) groups is 3. The van der Waals surface area contributed by atoms with E-state index in [-0.39, 0.29) is 24.3 Å². The quantitative estimate of drug-likeness (QED) is 0.379. The number of likely N-dealkylation sites (tertiary alicyclic amines) is 1. The van der Waals surface area contributed by atoms with Crippen LogP contribution in [-0.4, -0.2) is 42.3 Å². The van der Waals surface area contributed by atoms with Gasteiger partial charge in [0.2, 0.25) is 11.8 Å². The molecule has 0 bridgehead atoms. The fraction of sp³-hybridized carbons (Fsp3) is 0.300. The molecule has 4 rings (SSSR count). The van der Waals surface area contributed by atoms with Crippen molar-refractivity contribution in [1.82, 2.24) is 4.90 Å². The maximum Gasteiger partial charge on any atom is 0.253 e. The first-order chi connectivity index (χ1) is 18.0. The summed E-state index contributed by atoms with van der Waals surface area (Å²) in [4.78, 5) is 39.6. The van der Waals surface area contributed by atoms with Crippen molar-refractivity contribution in [3.05, 3.63) is 90.0 Å². The van der Waals surface area contributed by atoms with Crippen molar-refractivity contribution in [2.75, 3.05) is 35.6 Å². The molecule has 0 aromatic heterocycles. The molecule has 3 N–H and O–H groups in total. The Bertz CT molecular complexity index is 1220. The molecule has 1 aliphatic heterocycles. The van der Waals surface area contributed by atoms with Gasteiger partial charge in [-0.1, -0.05) is 49.4 Å². The van der Waals surface area contributed by atoms with Gasteiger partial charge in [0.1, 0.15) is 0 Å². The maximum absolute atomic E-state index is 12.8. The molecule has 0 atom stereocenters. The van der Waals surface area contributed by atoms with E-state index in [2.05, 4.69) is 22.9 Å². The third kappa shape index (κ3) is 7.93. The van der Waals surface area contributed by atoms with Gasteiger partial charge in [0.25, 0.3) is 5.91 Å². The summed E-state index contributed by atoms with van der Waals surface area (Å²) in [5, 5.41) is 8.83. The van der Waals surface area contributed by atoms with Gasteiger partial charge in [-0.25, -0.2) is 0 Å². The Balaban J connectivity index is 1.25. The average Bonchev–Trinajstić information content (AvgIpc) is 2.92. The van der Waals surface area contributed by atoms with Crippen molar-refractivity contribution >= 4 is 34.8 Å². The standard InChI is InChI=1S/C30H34N4O3/c1-22-15-17-34(18-16-22)30(37)24-9-5-10-25(19-24)31-21-29(36)33-27-12-6-11-26(20-27)32-28(35)14-13-23-7-3-2-4-8-23/h2-12,19-20,22,31H,13-18,21H2,1H3,(H,32,35)(H,33,36). The number of nitrogens with one attached hydrogen (secondary N) is 3. The number of amides is 3. The first kappa shape index (κ1) is 25.9. The highest BCUT2D eigenvalue weighted by molar-refractivity contribution is 5.97. The number of nitrogens with zero attached hydrogens (tertiary/aromatic N) is 1. The molecule has 1 heterocycles. The van der Waals surface area contributed by atoms with Gasteiger partial charge in [-0.15, -0.1) is 0 Å². The topological polar surface area (TPSA) is 90.5 Å². The molecule has 3 aromatic carbocycles. The molecule has 192 valence electrons. The Morgan fingerprint density at radius 2 is 1.43 bits per heavy atom. The van der Waals surface area contributed by atoms with Gasteiger partial charge in [0.15, 0.2) is 0 Å². The van der Waals surface area contributed by atoms with Gasteiger partial charge in [0, 0.05) is 42.1 Å². The lowest BCUT2D eigenvalue weighted by Gasteiger charge is -2.30. The van der Waals surface area contributed by atoms with Crippen LogP contribution < -0.4 is 16.0 Å². The van der Waals surface area contributed by atoms with Crippen LogP contribution in [0.1, 0.15) is 42.1 Å². The van der Waals surface area contributed by atoms with E-state index in [0.29, 0.717) is 41.4 Å². The summed E-state index contributed by atoms with van der Waals surface area (Å²) >= 11 is 0. The van der Waals surface area contributed by atoms with E-state index in [0.717, 1.165) is 31.5 Å². The van der Waals surface area contributed by atoms with Crippen LogP contribution in [0, 0.1) is 5.92 Å². The third-order valence-corrected chi connectivity index (χ3v) is 6.55. The zero-order valence-corrected chi connectivity index (χ0v) is 21.2. The Kier molecular flexibility index (Phi) is 8.92. The Morgan fingerprint density at radius 1 is 0.784 bits per heavy atom. The third-order valence-electron chi connectivity index (χ3n) is 6.55. The predicted octanol–water partition coefficient (Wildman–Crippen LogP) is 5.18. The van der Waals surface area contributed by atoms with Crippen LogP contribution in [-0.2, 0) is 16.0 Å².